The molecule has 0 spiro atoms. The molecule has 0 saturated heterocycles. The lowest BCUT2D eigenvalue weighted by Gasteiger charge is -2.23. The monoisotopic (exact) mass is 214 g/mol. The van der Waals surface area contributed by atoms with E-state index in [0.29, 0.717) is 0 Å². The molecule has 0 amide bonds. The van der Waals surface area contributed by atoms with Gasteiger partial charge in [-0.15, -0.1) is 21.8 Å². The van der Waals surface area contributed by atoms with Crippen LogP contribution in [0.25, 0.3) is 0 Å². The summed E-state index contributed by atoms with van der Waals surface area (Å²) in [6.07, 6.45) is 0. The molecule has 1 heterocycles. The fourth-order valence-corrected chi connectivity index (χ4v) is 1.51. The largest absolute Gasteiger partial charge is 0.286 e. The van der Waals surface area contributed by atoms with Gasteiger partial charge >= 0.3 is 0 Å². The van der Waals surface area contributed by atoms with Crippen molar-refractivity contribution < 1.29 is 0 Å². The van der Waals surface area contributed by atoms with Crippen LogP contribution in [-0.4, -0.2) is 5.12 Å². The lowest BCUT2D eigenvalue weighted by molar-refractivity contribution is 0.589. The van der Waals surface area contributed by atoms with Gasteiger partial charge in [-0.3, -0.25) is 0 Å². The van der Waals surface area contributed by atoms with Crippen LogP contribution in [0.5, 0.6) is 0 Å². The van der Waals surface area contributed by atoms with Crippen LogP contribution in [0.1, 0.15) is 12.5 Å². The maximum atomic E-state index is 6.28. The molecular formula is C9H8Cl2N2. The molecule has 0 N–H and O–H groups in total. The number of hydrogen-bond acceptors (Lipinski definition) is 2. The summed E-state index contributed by atoms with van der Waals surface area (Å²) in [5.41, 5.74) is 0.927. The number of hydrogen-bond donors (Lipinski definition) is 0. The van der Waals surface area contributed by atoms with Crippen LogP contribution in [0.3, 0.4) is 0 Å². The van der Waals surface area contributed by atoms with Gasteiger partial charge in [0.05, 0.1) is 0 Å². The molecule has 1 aliphatic heterocycles. The highest BCUT2D eigenvalue weighted by atomic mass is 35.5. The van der Waals surface area contributed by atoms with E-state index in [1.165, 1.54) is 0 Å². The molecule has 1 atom stereocenters. The van der Waals surface area contributed by atoms with Crippen molar-refractivity contribution in [2.45, 2.75) is 16.9 Å². The Morgan fingerprint density at radius 1 is 1.23 bits per heavy atom. The highest BCUT2D eigenvalue weighted by molar-refractivity contribution is 6.35. The van der Waals surface area contributed by atoms with E-state index >= 15 is 0 Å². The van der Waals surface area contributed by atoms with Crippen molar-refractivity contribution in [3.05, 3.63) is 35.9 Å². The van der Waals surface area contributed by atoms with Gasteiger partial charge in [-0.2, -0.15) is 0 Å². The van der Waals surface area contributed by atoms with Gasteiger partial charge in [0, 0.05) is 0 Å². The highest BCUT2D eigenvalue weighted by Gasteiger charge is 2.55. The minimum atomic E-state index is -0.962. The summed E-state index contributed by atoms with van der Waals surface area (Å²) in [7, 11) is 0. The summed E-state index contributed by atoms with van der Waals surface area (Å²) in [6, 6.07) is 9.59. The zero-order chi connectivity index (χ0) is 9.53. The van der Waals surface area contributed by atoms with E-state index in [9.17, 15) is 0 Å². The third-order valence-corrected chi connectivity index (χ3v) is 3.30. The molecule has 0 fully saturated rings. The third-order valence-electron chi connectivity index (χ3n) is 2.19. The quantitative estimate of drug-likeness (QED) is 0.532. The molecule has 0 radical (unpaired) electrons. The molecule has 1 aliphatic rings. The zero-order valence-corrected chi connectivity index (χ0v) is 8.55. The second-order valence-electron chi connectivity index (χ2n) is 3.16. The normalized spacial score (nSPS) is 22.4. The van der Waals surface area contributed by atoms with E-state index in [1.807, 2.05) is 37.3 Å². The summed E-state index contributed by atoms with van der Waals surface area (Å²) < 4.78 is 0. The van der Waals surface area contributed by atoms with Crippen LogP contribution >= 0.6 is 23.2 Å². The van der Waals surface area contributed by atoms with E-state index in [-0.39, 0.29) is 0 Å². The van der Waals surface area contributed by atoms with Gasteiger partial charge in [-0.25, -0.2) is 0 Å². The average Bonchev–Trinajstić information content (AvgIpc) is 2.87. The molecule has 0 aromatic heterocycles. The fourth-order valence-electron chi connectivity index (χ4n) is 1.17. The zero-order valence-electron chi connectivity index (χ0n) is 7.04. The Kier molecular flexibility index (Phi) is 1.86. The molecule has 1 unspecified atom stereocenters. The fraction of sp³-hybridized carbons (Fsp3) is 0.333. The van der Waals surface area contributed by atoms with Gasteiger partial charge in [0.15, 0.2) is 0 Å². The average molecular weight is 215 g/mol. The van der Waals surface area contributed by atoms with Gasteiger partial charge in [-0.05, 0) is 12.5 Å². The minimum Gasteiger partial charge on any atom is -0.138 e. The molecule has 0 aliphatic carbocycles. The van der Waals surface area contributed by atoms with E-state index in [0.717, 1.165) is 5.56 Å². The van der Waals surface area contributed by atoms with Crippen LogP contribution in [0, 0.1) is 0 Å². The lowest BCUT2D eigenvalue weighted by atomic mass is 9.98. The maximum absolute atomic E-state index is 6.28. The van der Waals surface area contributed by atoms with Crippen molar-refractivity contribution in [1.82, 2.24) is 0 Å². The first-order valence-corrected chi connectivity index (χ1v) is 4.69. The predicted molar refractivity (Wildman–Crippen MR) is 53.1 cm³/mol. The molecule has 1 aromatic rings. The summed E-state index contributed by atoms with van der Waals surface area (Å²) in [5.74, 6) is 0. The molecular weight excluding hydrogens is 207 g/mol. The van der Waals surface area contributed by atoms with Crippen molar-refractivity contribution in [2.24, 2.45) is 10.2 Å². The van der Waals surface area contributed by atoms with Crippen LogP contribution in [0.4, 0.5) is 0 Å². The number of halogens is 2. The predicted octanol–water partition coefficient (Wildman–Crippen LogP) is 3.50. The van der Waals surface area contributed by atoms with Crippen molar-refractivity contribution in [3.63, 3.8) is 0 Å². The molecule has 2 rings (SSSR count). The SMILES string of the molecule is CC(Cl)(c1ccccc1)C1(Cl)N=N1. The lowest BCUT2D eigenvalue weighted by Crippen LogP contribution is -2.29. The molecule has 0 saturated carbocycles. The van der Waals surface area contributed by atoms with Gasteiger partial charge in [0.1, 0.15) is 4.87 Å². The molecule has 4 heteroatoms. The Balaban J connectivity index is 2.35. The first kappa shape index (κ1) is 8.97. The topological polar surface area (TPSA) is 24.7 Å². The number of alkyl halides is 2. The Morgan fingerprint density at radius 2 is 1.77 bits per heavy atom. The van der Waals surface area contributed by atoms with E-state index < -0.39 is 10.00 Å². The third kappa shape index (κ3) is 1.34. The van der Waals surface area contributed by atoms with Gasteiger partial charge in [0.25, 0.3) is 5.12 Å². The van der Waals surface area contributed by atoms with Crippen LogP contribution in [0.2, 0.25) is 0 Å². The van der Waals surface area contributed by atoms with Gasteiger partial charge in [0.2, 0.25) is 0 Å². The number of benzene rings is 1. The summed E-state index contributed by atoms with van der Waals surface area (Å²) in [6.45, 7) is 1.82. The Morgan fingerprint density at radius 3 is 2.23 bits per heavy atom. The highest BCUT2D eigenvalue weighted by Crippen LogP contribution is 2.52. The Hall–Kier alpha value is -0.600. The Bertz CT molecular complexity index is 340. The summed E-state index contributed by atoms with van der Waals surface area (Å²) >= 11 is 12.3. The van der Waals surface area contributed by atoms with E-state index in [1.54, 1.807) is 0 Å². The second-order valence-corrected chi connectivity index (χ2v) is 4.44. The van der Waals surface area contributed by atoms with Crippen molar-refractivity contribution >= 4 is 23.2 Å². The Labute approximate surface area is 86.6 Å². The van der Waals surface area contributed by atoms with Crippen molar-refractivity contribution in [2.75, 3.05) is 0 Å². The minimum absolute atomic E-state index is 0.754. The smallest absolute Gasteiger partial charge is 0.138 e. The van der Waals surface area contributed by atoms with Crippen molar-refractivity contribution in [1.29, 1.82) is 0 Å². The molecule has 1 aromatic carbocycles. The molecule has 68 valence electrons. The molecule has 0 bridgehead atoms. The molecule has 13 heavy (non-hydrogen) atoms. The number of nitrogens with zero attached hydrogens (tertiary/aromatic N) is 2. The van der Waals surface area contributed by atoms with Gasteiger partial charge < -0.3 is 0 Å². The maximum Gasteiger partial charge on any atom is 0.286 e. The van der Waals surface area contributed by atoms with Crippen LogP contribution in [-0.2, 0) is 4.87 Å². The van der Waals surface area contributed by atoms with Crippen LogP contribution < -0.4 is 0 Å². The first-order valence-electron chi connectivity index (χ1n) is 3.94. The van der Waals surface area contributed by atoms with E-state index in [4.69, 9.17) is 23.2 Å². The standard InChI is InChI=1S/C9H8Cl2N2/c1-8(10,9(11)12-13-9)7-5-3-2-4-6-7/h2-6H,1H3. The molecule has 2 nitrogen and oxygen atoms in total. The number of rotatable bonds is 2. The van der Waals surface area contributed by atoms with Crippen molar-refractivity contribution in [3.8, 4) is 0 Å². The first-order chi connectivity index (χ1) is 6.06. The second kappa shape index (κ2) is 2.69. The van der Waals surface area contributed by atoms with Gasteiger partial charge in [-0.1, -0.05) is 41.9 Å². The van der Waals surface area contributed by atoms with Crippen LogP contribution in [0.15, 0.2) is 40.6 Å². The summed E-state index contributed by atoms with van der Waals surface area (Å²) in [4.78, 5) is -0.754. The van der Waals surface area contributed by atoms with E-state index in [2.05, 4.69) is 10.2 Å². The summed E-state index contributed by atoms with van der Waals surface area (Å²) in [5, 5.41) is 6.52.